The van der Waals surface area contributed by atoms with Gasteiger partial charge in [0.25, 0.3) is 5.91 Å². The Hall–Kier alpha value is -2.98. The molecule has 176 valence electrons. The fraction of sp³-hybridized carbons (Fsp3) is 0.391. The second-order valence-corrected chi connectivity index (χ2v) is 8.73. The van der Waals surface area contributed by atoms with Crippen molar-refractivity contribution in [2.75, 3.05) is 12.4 Å². The quantitative estimate of drug-likeness (QED) is 0.524. The highest BCUT2D eigenvalue weighted by atomic mass is 19.1. The number of ether oxygens (including phenoxy) is 2. The van der Waals surface area contributed by atoms with E-state index in [0.29, 0.717) is 23.0 Å². The summed E-state index contributed by atoms with van der Waals surface area (Å²) in [6, 6.07) is 7.34. The van der Waals surface area contributed by atoms with Gasteiger partial charge in [-0.3, -0.25) is 9.59 Å². The molecule has 33 heavy (non-hydrogen) atoms. The molecule has 2 aromatic carbocycles. The van der Waals surface area contributed by atoms with Gasteiger partial charge < -0.3 is 24.1 Å². The minimum Gasteiger partial charge on any atom is -0.497 e. The zero-order valence-electron chi connectivity index (χ0n) is 19.3. The number of anilines is 1. The van der Waals surface area contributed by atoms with Crippen LogP contribution in [0.5, 0.6) is 5.75 Å². The molecule has 1 aliphatic rings. The number of benzene rings is 2. The summed E-state index contributed by atoms with van der Waals surface area (Å²) < 4.78 is 49.9. The van der Waals surface area contributed by atoms with E-state index in [2.05, 4.69) is 5.32 Å². The van der Waals surface area contributed by atoms with Gasteiger partial charge in [0.2, 0.25) is 6.10 Å². The lowest BCUT2D eigenvalue weighted by Gasteiger charge is -2.32. The molecule has 0 spiro atoms. The van der Waals surface area contributed by atoms with Crippen LogP contribution in [0.3, 0.4) is 0 Å². The van der Waals surface area contributed by atoms with Crippen LogP contribution in [-0.2, 0) is 23.6 Å². The molecule has 1 saturated heterocycles. The predicted molar refractivity (Wildman–Crippen MR) is 118 cm³/mol. The Morgan fingerprint density at radius 1 is 1.00 bits per heavy atom. The molecule has 0 radical (unpaired) electrons. The minimum absolute atomic E-state index is 0.138. The highest BCUT2D eigenvalue weighted by Crippen LogP contribution is 2.37. The Morgan fingerprint density at radius 3 is 2.09 bits per heavy atom. The third-order valence-electron chi connectivity index (χ3n) is 5.72. The van der Waals surface area contributed by atoms with E-state index in [0.717, 1.165) is 19.1 Å². The summed E-state index contributed by atoms with van der Waals surface area (Å²) in [4.78, 5) is 24.4. The van der Waals surface area contributed by atoms with Crippen molar-refractivity contribution in [3.8, 4) is 5.75 Å². The molecule has 1 heterocycles. The molecule has 1 amide bonds. The van der Waals surface area contributed by atoms with E-state index in [1.165, 1.54) is 7.11 Å². The molecular weight excluding hydrogens is 435 g/mol. The molecule has 10 heteroatoms. The summed E-state index contributed by atoms with van der Waals surface area (Å²) in [7, 11) is 0.783. The molecule has 0 aromatic heterocycles. The molecule has 1 N–H and O–H groups in total. The van der Waals surface area contributed by atoms with E-state index < -0.39 is 47.9 Å². The minimum atomic E-state index is -1.55. The SMILES string of the molecule is COc1cc(NC(=O)C(OC(C)=O)c2cc(F)cc(F)c2)ccc1B1OC(C)(C)C(C)(C)O1. The number of nitrogens with one attached hydrogen (secondary N) is 1. The van der Waals surface area contributed by atoms with E-state index >= 15 is 0 Å². The van der Waals surface area contributed by atoms with Crippen molar-refractivity contribution in [1.29, 1.82) is 0 Å². The zero-order chi connectivity index (χ0) is 24.6. The first-order valence-corrected chi connectivity index (χ1v) is 10.3. The average Bonchev–Trinajstić information content (AvgIpc) is 2.91. The normalized spacial score (nSPS) is 17.4. The summed E-state index contributed by atoms with van der Waals surface area (Å²) >= 11 is 0. The Bertz CT molecular complexity index is 1040. The van der Waals surface area contributed by atoms with Gasteiger partial charge in [-0.1, -0.05) is 6.07 Å². The summed E-state index contributed by atoms with van der Waals surface area (Å²) in [6.45, 7) is 8.81. The maximum absolute atomic E-state index is 13.7. The Balaban J connectivity index is 1.86. The zero-order valence-corrected chi connectivity index (χ0v) is 19.3. The van der Waals surface area contributed by atoms with Gasteiger partial charge in [-0.2, -0.15) is 0 Å². The lowest BCUT2D eigenvalue weighted by molar-refractivity contribution is -0.152. The highest BCUT2D eigenvalue weighted by molar-refractivity contribution is 6.63. The summed E-state index contributed by atoms with van der Waals surface area (Å²) in [5, 5.41) is 2.59. The first-order chi connectivity index (χ1) is 15.3. The van der Waals surface area contributed by atoms with Crippen LogP contribution in [0, 0.1) is 11.6 Å². The number of halogens is 2. The number of carbonyl (C=O) groups is 2. The van der Waals surface area contributed by atoms with Crippen LogP contribution in [0.1, 0.15) is 46.3 Å². The average molecular weight is 461 g/mol. The molecule has 0 bridgehead atoms. The fourth-order valence-corrected chi connectivity index (χ4v) is 3.33. The fourth-order valence-electron chi connectivity index (χ4n) is 3.33. The molecule has 1 aliphatic heterocycles. The lowest BCUT2D eigenvalue weighted by Crippen LogP contribution is -2.41. The second-order valence-electron chi connectivity index (χ2n) is 8.73. The number of amides is 1. The van der Waals surface area contributed by atoms with Crippen LogP contribution in [0.15, 0.2) is 36.4 Å². The van der Waals surface area contributed by atoms with Gasteiger partial charge in [0.05, 0.1) is 18.3 Å². The van der Waals surface area contributed by atoms with E-state index in [1.54, 1.807) is 18.2 Å². The third kappa shape index (κ3) is 5.34. The first-order valence-electron chi connectivity index (χ1n) is 10.3. The van der Waals surface area contributed by atoms with Gasteiger partial charge in [0.1, 0.15) is 17.4 Å². The maximum Gasteiger partial charge on any atom is 0.498 e. The van der Waals surface area contributed by atoms with Crippen LogP contribution in [0.2, 0.25) is 0 Å². The van der Waals surface area contributed by atoms with Crippen molar-refractivity contribution in [1.82, 2.24) is 0 Å². The monoisotopic (exact) mass is 461 g/mol. The lowest BCUT2D eigenvalue weighted by atomic mass is 9.78. The van der Waals surface area contributed by atoms with Gasteiger partial charge in [-0.15, -0.1) is 0 Å². The maximum atomic E-state index is 13.7. The van der Waals surface area contributed by atoms with Gasteiger partial charge in [-0.05, 0) is 45.9 Å². The van der Waals surface area contributed by atoms with Crippen molar-refractivity contribution < 1.29 is 37.2 Å². The number of rotatable bonds is 6. The van der Waals surface area contributed by atoms with Crippen LogP contribution < -0.4 is 15.5 Å². The van der Waals surface area contributed by atoms with Crippen LogP contribution in [0.4, 0.5) is 14.5 Å². The van der Waals surface area contributed by atoms with E-state index in [9.17, 15) is 18.4 Å². The standard InChI is InChI=1S/C23H26BF2NO6/c1-13(28)31-20(14-9-15(25)11-16(26)10-14)21(29)27-17-7-8-18(19(12-17)30-6)24-32-22(2,3)23(4,5)33-24/h7-12,20H,1-6H3,(H,27,29). The molecule has 2 aromatic rings. The van der Waals surface area contributed by atoms with Crippen molar-refractivity contribution >= 4 is 30.1 Å². The van der Waals surface area contributed by atoms with E-state index in [4.69, 9.17) is 18.8 Å². The molecule has 0 aliphatic carbocycles. The van der Waals surface area contributed by atoms with Crippen molar-refractivity contribution in [3.63, 3.8) is 0 Å². The number of methoxy groups -OCH3 is 1. The van der Waals surface area contributed by atoms with Gasteiger partial charge in [-0.25, -0.2) is 8.78 Å². The Labute approximate surface area is 191 Å². The molecule has 7 nitrogen and oxygen atoms in total. The first kappa shape index (κ1) is 24.7. The molecular formula is C23H26BF2NO6. The van der Waals surface area contributed by atoms with Crippen LogP contribution in [0.25, 0.3) is 0 Å². The largest absolute Gasteiger partial charge is 0.498 e. The summed E-state index contributed by atoms with van der Waals surface area (Å²) in [5.41, 5.74) is -0.301. The second kappa shape index (κ2) is 9.11. The van der Waals surface area contributed by atoms with E-state index in [1.807, 2.05) is 27.7 Å². The molecule has 1 atom stereocenters. The number of carbonyl (C=O) groups excluding carboxylic acids is 2. The smallest absolute Gasteiger partial charge is 0.497 e. The number of hydrogen-bond donors (Lipinski definition) is 1. The number of esters is 1. The Kier molecular flexibility index (Phi) is 6.81. The van der Waals surface area contributed by atoms with Crippen molar-refractivity contribution in [2.24, 2.45) is 0 Å². The molecule has 0 saturated carbocycles. The highest BCUT2D eigenvalue weighted by Gasteiger charge is 2.52. The summed E-state index contributed by atoms with van der Waals surface area (Å²) in [6.07, 6.45) is -1.55. The van der Waals surface area contributed by atoms with Gasteiger partial charge in [0, 0.05) is 35.8 Å². The van der Waals surface area contributed by atoms with Gasteiger partial charge >= 0.3 is 13.1 Å². The van der Waals surface area contributed by atoms with Crippen LogP contribution in [-0.4, -0.2) is 37.3 Å². The third-order valence-corrected chi connectivity index (χ3v) is 5.72. The van der Waals surface area contributed by atoms with Crippen LogP contribution >= 0.6 is 0 Å². The predicted octanol–water partition coefficient (Wildman–Crippen LogP) is 3.52. The molecule has 3 rings (SSSR count). The Morgan fingerprint density at radius 2 is 1.58 bits per heavy atom. The molecule has 1 fully saturated rings. The van der Waals surface area contributed by atoms with Crippen molar-refractivity contribution in [3.05, 3.63) is 53.6 Å². The summed E-state index contributed by atoms with van der Waals surface area (Å²) in [5.74, 6) is -2.98. The van der Waals surface area contributed by atoms with Gasteiger partial charge in [0.15, 0.2) is 0 Å². The van der Waals surface area contributed by atoms with E-state index in [-0.39, 0.29) is 5.56 Å². The number of hydrogen-bond acceptors (Lipinski definition) is 6. The molecule has 1 unspecified atom stereocenters. The van der Waals surface area contributed by atoms with Crippen molar-refractivity contribution in [2.45, 2.75) is 51.9 Å². The topological polar surface area (TPSA) is 83.1 Å².